The summed E-state index contributed by atoms with van der Waals surface area (Å²) in [6.07, 6.45) is 1.53. The van der Waals surface area contributed by atoms with Crippen LogP contribution in [0.15, 0.2) is 36.5 Å². The van der Waals surface area contributed by atoms with E-state index < -0.39 is 0 Å². The first-order valence-electron chi connectivity index (χ1n) is 5.03. The van der Waals surface area contributed by atoms with Gasteiger partial charge in [0.05, 0.1) is 10.7 Å². The monoisotopic (exact) mass is 231 g/mol. The zero-order valence-electron chi connectivity index (χ0n) is 8.44. The molecule has 1 unspecified atom stereocenters. The molecule has 0 bridgehead atoms. The Morgan fingerprint density at radius 3 is 3.00 bits per heavy atom. The van der Waals surface area contributed by atoms with Gasteiger partial charge in [0.25, 0.3) is 0 Å². The number of pyridine rings is 1. The number of nitrogens with zero attached hydrogens (tertiary/aromatic N) is 1. The first-order valence-corrected chi connectivity index (χ1v) is 5.41. The summed E-state index contributed by atoms with van der Waals surface area (Å²) in [5.74, 6) is 0. The Morgan fingerprint density at radius 1 is 1.25 bits per heavy atom. The number of nitrogens with two attached hydrogens (primary N) is 1. The normalized spacial score (nSPS) is 17.2. The maximum absolute atomic E-state index is 6.20. The minimum Gasteiger partial charge on any atom is -0.366 e. The van der Waals surface area contributed by atoms with Crippen molar-refractivity contribution in [2.24, 2.45) is 5.73 Å². The fourth-order valence-electron chi connectivity index (χ4n) is 2.01. The first-order chi connectivity index (χ1) is 7.77. The third-order valence-electron chi connectivity index (χ3n) is 2.74. The molecular formula is C12H10ClN3. The number of aromatic nitrogens is 1. The molecule has 0 saturated heterocycles. The Hall–Kier alpha value is -1.58. The van der Waals surface area contributed by atoms with Gasteiger partial charge in [0.15, 0.2) is 0 Å². The average Bonchev–Trinajstić information content (AvgIpc) is 2.29. The molecule has 1 aromatic heterocycles. The van der Waals surface area contributed by atoms with Crippen LogP contribution >= 0.6 is 11.6 Å². The zero-order valence-corrected chi connectivity index (χ0v) is 9.20. The van der Waals surface area contributed by atoms with Gasteiger partial charge in [-0.3, -0.25) is 4.98 Å². The van der Waals surface area contributed by atoms with Gasteiger partial charge >= 0.3 is 0 Å². The molecule has 0 amide bonds. The van der Waals surface area contributed by atoms with Crippen LogP contribution in [0.25, 0.3) is 11.3 Å². The molecule has 2 heterocycles. The number of hydrogen-bond donors (Lipinski definition) is 2. The minimum absolute atomic E-state index is 0.227. The Morgan fingerprint density at radius 2 is 2.12 bits per heavy atom. The van der Waals surface area contributed by atoms with Crippen molar-refractivity contribution < 1.29 is 0 Å². The SMILES string of the molecule is NC1Nc2cccc(Cl)c2-c2ncccc21. The summed E-state index contributed by atoms with van der Waals surface area (Å²) in [5, 5.41) is 3.90. The maximum Gasteiger partial charge on any atom is 0.103 e. The minimum atomic E-state index is -0.227. The van der Waals surface area contributed by atoms with Crippen LogP contribution < -0.4 is 11.1 Å². The Bertz CT molecular complexity index is 554. The van der Waals surface area contributed by atoms with Gasteiger partial charge in [0.1, 0.15) is 6.17 Å². The number of hydrogen-bond acceptors (Lipinski definition) is 3. The molecule has 1 aliphatic heterocycles. The molecule has 3 nitrogen and oxygen atoms in total. The van der Waals surface area contributed by atoms with Crippen molar-refractivity contribution in [3.8, 4) is 11.3 Å². The Labute approximate surface area is 98.3 Å². The van der Waals surface area contributed by atoms with Crippen molar-refractivity contribution in [2.45, 2.75) is 6.17 Å². The predicted octanol–water partition coefficient (Wildman–Crippen LogP) is 2.78. The highest BCUT2D eigenvalue weighted by Gasteiger charge is 2.23. The first kappa shape index (κ1) is 9.63. The second-order valence-corrected chi connectivity index (χ2v) is 4.13. The Balaban J connectivity index is 2.34. The lowest BCUT2D eigenvalue weighted by Gasteiger charge is -2.26. The highest BCUT2D eigenvalue weighted by atomic mass is 35.5. The van der Waals surface area contributed by atoms with Crippen LogP contribution in [0.4, 0.5) is 5.69 Å². The summed E-state index contributed by atoms with van der Waals surface area (Å²) in [7, 11) is 0. The molecule has 0 radical (unpaired) electrons. The molecule has 1 atom stereocenters. The molecule has 0 fully saturated rings. The van der Waals surface area contributed by atoms with Crippen LogP contribution in [0.3, 0.4) is 0 Å². The number of benzene rings is 1. The zero-order chi connectivity index (χ0) is 11.1. The van der Waals surface area contributed by atoms with Gasteiger partial charge in [-0.1, -0.05) is 23.7 Å². The highest BCUT2D eigenvalue weighted by Crippen LogP contribution is 2.41. The fourth-order valence-corrected chi connectivity index (χ4v) is 2.27. The topological polar surface area (TPSA) is 50.9 Å². The third-order valence-corrected chi connectivity index (χ3v) is 3.05. The molecule has 4 heteroatoms. The van der Waals surface area contributed by atoms with Gasteiger partial charge in [-0.05, 0) is 18.2 Å². The summed E-state index contributed by atoms with van der Waals surface area (Å²) in [5.41, 5.74) is 9.73. The van der Waals surface area contributed by atoms with Crippen molar-refractivity contribution in [1.29, 1.82) is 0 Å². The van der Waals surface area contributed by atoms with Gasteiger partial charge in [0, 0.05) is 23.0 Å². The number of rotatable bonds is 0. The number of nitrogens with one attached hydrogen (secondary N) is 1. The lowest BCUT2D eigenvalue weighted by atomic mass is 9.98. The van der Waals surface area contributed by atoms with E-state index in [0.29, 0.717) is 5.02 Å². The van der Waals surface area contributed by atoms with Crippen LogP contribution in [0.1, 0.15) is 11.7 Å². The second kappa shape index (κ2) is 3.47. The van der Waals surface area contributed by atoms with E-state index >= 15 is 0 Å². The van der Waals surface area contributed by atoms with Crippen LogP contribution in [0.2, 0.25) is 5.02 Å². The maximum atomic E-state index is 6.20. The summed E-state index contributed by atoms with van der Waals surface area (Å²) < 4.78 is 0. The van der Waals surface area contributed by atoms with E-state index in [1.807, 2.05) is 30.3 Å². The molecule has 80 valence electrons. The molecule has 0 spiro atoms. The largest absolute Gasteiger partial charge is 0.366 e. The number of fused-ring (bicyclic) bond motifs is 3. The van der Waals surface area contributed by atoms with E-state index in [2.05, 4.69) is 10.3 Å². The van der Waals surface area contributed by atoms with Crippen molar-refractivity contribution in [3.05, 3.63) is 47.1 Å². The molecular weight excluding hydrogens is 222 g/mol. The lowest BCUT2D eigenvalue weighted by Crippen LogP contribution is -2.24. The van der Waals surface area contributed by atoms with Crippen LogP contribution in [0, 0.1) is 0 Å². The van der Waals surface area contributed by atoms with Crippen LogP contribution in [-0.2, 0) is 0 Å². The van der Waals surface area contributed by atoms with Gasteiger partial charge in [-0.25, -0.2) is 0 Å². The third kappa shape index (κ3) is 1.29. The molecule has 3 N–H and O–H groups in total. The standard InChI is InChI=1S/C12H10ClN3/c13-8-4-1-5-9-10(8)11-7(12(14)16-9)3-2-6-15-11/h1-6,12,16H,14H2. The van der Waals surface area contributed by atoms with Crippen molar-refractivity contribution >= 4 is 17.3 Å². The highest BCUT2D eigenvalue weighted by molar-refractivity contribution is 6.34. The van der Waals surface area contributed by atoms with Crippen molar-refractivity contribution in [2.75, 3.05) is 5.32 Å². The van der Waals surface area contributed by atoms with E-state index in [4.69, 9.17) is 17.3 Å². The molecule has 3 rings (SSSR count). The quantitative estimate of drug-likeness (QED) is 0.733. The van der Waals surface area contributed by atoms with Crippen molar-refractivity contribution in [1.82, 2.24) is 4.98 Å². The van der Waals surface area contributed by atoms with Crippen molar-refractivity contribution in [3.63, 3.8) is 0 Å². The predicted molar refractivity (Wildman–Crippen MR) is 65.2 cm³/mol. The molecule has 0 saturated carbocycles. The Kier molecular flexibility index (Phi) is 2.09. The molecule has 1 aliphatic rings. The van der Waals surface area contributed by atoms with Gasteiger partial charge in [0.2, 0.25) is 0 Å². The number of halogens is 1. The fraction of sp³-hybridized carbons (Fsp3) is 0.0833. The smallest absolute Gasteiger partial charge is 0.103 e. The van der Waals surface area contributed by atoms with E-state index in [1.165, 1.54) is 0 Å². The van der Waals surface area contributed by atoms with Crippen LogP contribution in [0.5, 0.6) is 0 Å². The molecule has 2 aromatic rings. The van der Waals surface area contributed by atoms with E-state index in [-0.39, 0.29) is 6.17 Å². The van der Waals surface area contributed by atoms with E-state index in [0.717, 1.165) is 22.5 Å². The van der Waals surface area contributed by atoms with Gasteiger partial charge < -0.3 is 11.1 Å². The molecule has 1 aromatic carbocycles. The summed E-state index contributed by atoms with van der Waals surface area (Å²) in [4.78, 5) is 4.37. The summed E-state index contributed by atoms with van der Waals surface area (Å²) in [6.45, 7) is 0. The van der Waals surface area contributed by atoms with E-state index in [9.17, 15) is 0 Å². The molecule has 0 aliphatic carbocycles. The average molecular weight is 232 g/mol. The second-order valence-electron chi connectivity index (χ2n) is 3.73. The van der Waals surface area contributed by atoms with E-state index in [1.54, 1.807) is 6.20 Å². The van der Waals surface area contributed by atoms with Crippen LogP contribution in [-0.4, -0.2) is 4.98 Å². The summed E-state index contributed by atoms with van der Waals surface area (Å²) >= 11 is 6.20. The number of anilines is 1. The van der Waals surface area contributed by atoms with Gasteiger partial charge in [-0.15, -0.1) is 0 Å². The van der Waals surface area contributed by atoms with Gasteiger partial charge in [-0.2, -0.15) is 0 Å². The summed E-state index contributed by atoms with van der Waals surface area (Å²) in [6, 6.07) is 9.55. The lowest BCUT2D eigenvalue weighted by molar-refractivity contribution is 0.822. The molecule has 16 heavy (non-hydrogen) atoms.